The molecule has 2 heteroatoms. The van der Waals surface area contributed by atoms with E-state index in [4.69, 9.17) is 0 Å². The zero-order valence-corrected chi connectivity index (χ0v) is 11.5. The van der Waals surface area contributed by atoms with E-state index < -0.39 is 0 Å². The zero-order valence-electron chi connectivity index (χ0n) is 9.91. The van der Waals surface area contributed by atoms with Gasteiger partial charge in [-0.3, -0.25) is 4.79 Å². The van der Waals surface area contributed by atoms with Gasteiger partial charge in [0.15, 0.2) is 5.78 Å². The molecule has 1 nitrogen and oxygen atoms in total. The standard InChI is InChI=1S/C16H11BrO/c1-10(18)11-4-6-15-12(8-11)2-3-13-9-14(17)5-7-16(13)15/h2-9H,1H3. The molecule has 3 aromatic carbocycles. The first kappa shape index (κ1) is 11.4. The second-order valence-electron chi connectivity index (χ2n) is 4.42. The van der Waals surface area contributed by atoms with Crippen LogP contribution < -0.4 is 0 Å². The molecule has 0 bridgehead atoms. The topological polar surface area (TPSA) is 17.1 Å². The fourth-order valence-corrected chi connectivity index (χ4v) is 2.64. The molecule has 0 radical (unpaired) electrons. The number of fused-ring (bicyclic) bond motifs is 3. The van der Waals surface area contributed by atoms with Crippen molar-refractivity contribution in [1.82, 2.24) is 0 Å². The summed E-state index contributed by atoms with van der Waals surface area (Å²) in [6.07, 6.45) is 0. The van der Waals surface area contributed by atoms with Crippen molar-refractivity contribution in [1.29, 1.82) is 0 Å². The van der Waals surface area contributed by atoms with Crippen LogP contribution >= 0.6 is 15.9 Å². The third kappa shape index (κ3) is 1.83. The molecule has 88 valence electrons. The highest BCUT2D eigenvalue weighted by molar-refractivity contribution is 9.10. The monoisotopic (exact) mass is 298 g/mol. The van der Waals surface area contributed by atoms with Crippen LogP contribution in [0.1, 0.15) is 17.3 Å². The molecule has 3 rings (SSSR count). The van der Waals surface area contributed by atoms with E-state index in [2.05, 4.69) is 40.2 Å². The van der Waals surface area contributed by atoms with Gasteiger partial charge in [0.2, 0.25) is 0 Å². The third-order valence-corrected chi connectivity index (χ3v) is 3.70. The summed E-state index contributed by atoms with van der Waals surface area (Å²) in [5.41, 5.74) is 0.763. The number of rotatable bonds is 1. The molecule has 0 aliphatic carbocycles. The van der Waals surface area contributed by atoms with Gasteiger partial charge in [0.25, 0.3) is 0 Å². The van der Waals surface area contributed by atoms with E-state index in [-0.39, 0.29) is 5.78 Å². The molecular formula is C16H11BrO. The van der Waals surface area contributed by atoms with Gasteiger partial charge >= 0.3 is 0 Å². The summed E-state index contributed by atoms with van der Waals surface area (Å²) in [4.78, 5) is 11.4. The number of carbonyl (C=O) groups excluding carboxylic acids is 1. The molecule has 0 unspecified atom stereocenters. The Labute approximate surface area is 114 Å². The third-order valence-electron chi connectivity index (χ3n) is 3.20. The lowest BCUT2D eigenvalue weighted by molar-refractivity contribution is 0.101. The highest BCUT2D eigenvalue weighted by atomic mass is 79.9. The van der Waals surface area contributed by atoms with Gasteiger partial charge in [0, 0.05) is 10.0 Å². The fourth-order valence-electron chi connectivity index (χ4n) is 2.26. The Morgan fingerprint density at radius 1 is 0.889 bits per heavy atom. The fraction of sp³-hybridized carbons (Fsp3) is 0.0625. The average Bonchev–Trinajstić information content (AvgIpc) is 2.37. The van der Waals surface area contributed by atoms with E-state index in [9.17, 15) is 4.79 Å². The smallest absolute Gasteiger partial charge is 0.159 e. The molecule has 0 fully saturated rings. The summed E-state index contributed by atoms with van der Waals surface area (Å²) in [7, 11) is 0. The maximum atomic E-state index is 11.4. The number of halogens is 1. The summed E-state index contributed by atoms with van der Waals surface area (Å²) < 4.78 is 1.08. The molecule has 0 aliphatic heterocycles. The minimum Gasteiger partial charge on any atom is -0.295 e. The molecule has 3 aromatic rings. The van der Waals surface area contributed by atoms with Crippen molar-refractivity contribution in [2.45, 2.75) is 6.92 Å². The van der Waals surface area contributed by atoms with Crippen LogP contribution in [0.5, 0.6) is 0 Å². The van der Waals surface area contributed by atoms with Crippen LogP contribution in [0.25, 0.3) is 21.5 Å². The Morgan fingerprint density at radius 3 is 2.17 bits per heavy atom. The molecule has 0 saturated heterocycles. The van der Waals surface area contributed by atoms with Crippen LogP contribution in [0.3, 0.4) is 0 Å². The lowest BCUT2D eigenvalue weighted by Crippen LogP contribution is -1.91. The molecule has 0 heterocycles. The first-order valence-corrected chi connectivity index (χ1v) is 6.57. The molecule has 0 N–H and O–H groups in total. The van der Waals surface area contributed by atoms with E-state index in [1.807, 2.05) is 24.3 Å². The Morgan fingerprint density at radius 2 is 1.50 bits per heavy atom. The van der Waals surface area contributed by atoms with E-state index in [1.165, 1.54) is 16.2 Å². The van der Waals surface area contributed by atoms with Crippen molar-refractivity contribution >= 4 is 43.3 Å². The Hall–Kier alpha value is -1.67. The number of ketones is 1. The lowest BCUT2D eigenvalue weighted by atomic mass is 9.99. The van der Waals surface area contributed by atoms with Gasteiger partial charge in [0.1, 0.15) is 0 Å². The van der Waals surface area contributed by atoms with Gasteiger partial charge in [0.05, 0.1) is 0 Å². The van der Waals surface area contributed by atoms with Crippen molar-refractivity contribution < 1.29 is 4.79 Å². The second kappa shape index (κ2) is 4.21. The Balaban J connectivity index is 2.38. The number of Topliss-reactive ketones (excluding diaryl/α,β-unsaturated/α-hetero) is 1. The van der Waals surface area contributed by atoms with E-state index in [0.717, 1.165) is 15.4 Å². The van der Waals surface area contributed by atoms with Crippen molar-refractivity contribution in [2.75, 3.05) is 0 Å². The molecule has 0 aliphatic rings. The molecule has 0 saturated carbocycles. The van der Waals surface area contributed by atoms with Crippen molar-refractivity contribution in [3.8, 4) is 0 Å². The van der Waals surface area contributed by atoms with Gasteiger partial charge in [-0.25, -0.2) is 0 Å². The maximum absolute atomic E-state index is 11.4. The summed E-state index contributed by atoms with van der Waals surface area (Å²) >= 11 is 3.48. The molecule has 0 aromatic heterocycles. The summed E-state index contributed by atoms with van der Waals surface area (Å²) in [5.74, 6) is 0.104. The normalized spacial score (nSPS) is 11.0. The van der Waals surface area contributed by atoms with Crippen LogP contribution in [0.4, 0.5) is 0 Å². The predicted octanol–water partition coefficient (Wildman–Crippen LogP) is 4.96. The van der Waals surface area contributed by atoms with Gasteiger partial charge in [-0.1, -0.05) is 46.3 Å². The van der Waals surface area contributed by atoms with Gasteiger partial charge < -0.3 is 0 Å². The van der Waals surface area contributed by atoms with Crippen molar-refractivity contribution in [2.24, 2.45) is 0 Å². The van der Waals surface area contributed by atoms with Crippen LogP contribution in [0, 0.1) is 0 Å². The first-order valence-electron chi connectivity index (χ1n) is 5.78. The van der Waals surface area contributed by atoms with Crippen LogP contribution in [0.2, 0.25) is 0 Å². The van der Waals surface area contributed by atoms with Gasteiger partial charge in [-0.2, -0.15) is 0 Å². The number of carbonyl (C=O) groups is 1. The van der Waals surface area contributed by atoms with Crippen LogP contribution in [-0.2, 0) is 0 Å². The minimum absolute atomic E-state index is 0.104. The number of hydrogen-bond acceptors (Lipinski definition) is 1. The largest absolute Gasteiger partial charge is 0.295 e. The van der Waals surface area contributed by atoms with Gasteiger partial charge in [-0.05, 0) is 46.7 Å². The Bertz CT molecular complexity index is 774. The molecule has 0 spiro atoms. The molecule has 18 heavy (non-hydrogen) atoms. The quantitative estimate of drug-likeness (QED) is 0.458. The highest BCUT2D eigenvalue weighted by Crippen LogP contribution is 2.28. The highest BCUT2D eigenvalue weighted by Gasteiger charge is 2.04. The first-order chi connectivity index (χ1) is 8.65. The van der Waals surface area contributed by atoms with Crippen molar-refractivity contribution in [3.05, 3.63) is 58.6 Å². The van der Waals surface area contributed by atoms with Crippen LogP contribution in [0.15, 0.2) is 53.0 Å². The predicted molar refractivity (Wildman–Crippen MR) is 79.2 cm³/mol. The van der Waals surface area contributed by atoms with E-state index in [1.54, 1.807) is 6.92 Å². The van der Waals surface area contributed by atoms with E-state index >= 15 is 0 Å². The zero-order chi connectivity index (χ0) is 12.7. The van der Waals surface area contributed by atoms with Gasteiger partial charge in [-0.15, -0.1) is 0 Å². The van der Waals surface area contributed by atoms with Crippen LogP contribution in [-0.4, -0.2) is 5.78 Å². The maximum Gasteiger partial charge on any atom is 0.159 e. The summed E-state index contributed by atoms with van der Waals surface area (Å²) in [5, 5.41) is 4.71. The minimum atomic E-state index is 0.104. The molecule has 0 amide bonds. The lowest BCUT2D eigenvalue weighted by Gasteiger charge is -2.05. The van der Waals surface area contributed by atoms with Crippen molar-refractivity contribution in [3.63, 3.8) is 0 Å². The van der Waals surface area contributed by atoms with E-state index in [0.29, 0.717) is 0 Å². The number of hydrogen-bond donors (Lipinski definition) is 0. The SMILES string of the molecule is CC(=O)c1ccc2c(ccc3cc(Br)ccc32)c1. The Kier molecular flexibility index (Phi) is 2.67. The summed E-state index contributed by atoms with van der Waals surface area (Å²) in [6, 6.07) is 16.3. The molecule has 0 atom stereocenters. The second-order valence-corrected chi connectivity index (χ2v) is 5.34. The molecular weight excluding hydrogens is 288 g/mol. The average molecular weight is 299 g/mol. The summed E-state index contributed by atoms with van der Waals surface area (Å²) in [6.45, 7) is 1.60. The number of benzene rings is 3.